The molecule has 0 amide bonds. The fourth-order valence-corrected chi connectivity index (χ4v) is 1.55. The average molecular weight is 296 g/mol. The summed E-state index contributed by atoms with van der Waals surface area (Å²) in [6.45, 7) is 4.79. The fourth-order valence-electron chi connectivity index (χ4n) is 1.55. The highest BCUT2D eigenvalue weighted by atomic mass is 16.5. The van der Waals surface area contributed by atoms with Gasteiger partial charge < -0.3 is 25.4 Å². The average Bonchev–Trinajstić information content (AvgIpc) is 2.44. The Balaban J connectivity index is 2.42. The van der Waals surface area contributed by atoms with Crippen LogP contribution in [-0.4, -0.2) is 62.9 Å². The van der Waals surface area contributed by atoms with Crippen molar-refractivity contribution in [3.05, 3.63) is 17.8 Å². The number of nitrogen functional groups attached to an aromatic ring is 1. The van der Waals surface area contributed by atoms with Crippen molar-refractivity contribution in [1.82, 2.24) is 9.88 Å². The molecule has 0 spiro atoms. The van der Waals surface area contributed by atoms with Crippen LogP contribution >= 0.6 is 0 Å². The van der Waals surface area contributed by atoms with E-state index in [9.17, 15) is 4.79 Å². The fraction of sp³-hybridized carbons (Fsp3) is 0.571. The Bertz CT molecular complexity index is 452. The maximum absolute atomic E-state index is 11.7. The number of nitrogens with zero attached hydrogens (tertiary/aromatic N) is 2. The van der Waals surface area contributed by atoms with Gasteiger partial charge in [0.2, 0.25) is 0 Å². The maximum Gasteiger partial charge on any atom is 0.340 e. The molecule has 0 saturated heterocycles. The third-order valence-electron chi connectivity index (χ3n) is 2.67. The molecule has 118 valence electrons. The van der Waals surface area contributed by atoms with Gasteiger partial charge in [-0.1, -0.05) is 0 Å². The van der Waals surface area contributed by atoms with Crippen LogP contribution < -0.4 is 11.1 Å². The summed E-state index contributed by atoms with van der Waals surface area (Å²) in [6, 6.07) is 1.59. The van der Waals surface area contributed by atoms with E-state index in [2.05, 4.69) is 15.2 Å². The van der Waals surface area contributed by atoms with Gasteiger partial charge in [-0.2, -0.15) is 0 Å². The molecule has 0 aliphatic rings. The van der Waals surface area contributed by atoms with Gasteiger partial charge in [-0.05, 0) is 27.1 Å². The van der Waals surface area contributed by atoms with Crippen molar-refractivity contribution in [3.63, 3.8) is 0 Å². The number of aromatic nitrogens is 1. The Morgan fingerprint density at radius 1 is 1.43 bits per heavy atom. The van der Waals surface area contributed by atoms with Crippen LogP contribution in [0.25, 0.3) is 0 Å². The van der Waals surface area contributed by atoms with Crippen LogP contribution in [0.1, 0.15) is 17.3 Å². The Kier molecular flexibility index (Phi) is 7.49. The van der Waals surface area contributed by atoms with Gasteiger partial charge in [0.15, 0.2) is 0 Å². The molecular weight excluding hydrogens is 272 g/mol. The minimum Gasteiger partial charge on any atom is -0.462 e. The molecule has 7 nitrogen and oxygen atoms in total. The normalized spacial score (nSPS) is 10.7. The lowest BCUT2D eigenvalue weighted by atomic mass is 10.2. The molecule has 0 atom stereocenters. The Hall–Kier alpha value is -1.86. The van der Waals surface area contributed by atoms with Crippen molar-refractivity contribution in [2.24, 2.45) is 0 Å². The smallest absolute Gasteiger partial charge is 0.340 e. The second-order valence-corrected chi connectivity index (χ2v) is 4.72. The van der Waals surface area contributed by atoms with E-state index in [4.69, 9.17) is 15.2 Å². The summed E-state index contributed by atoms with van der Waals surface area (Å²) in [5.74, 6) is 0.131. The molecule has 0 aliphatic heterocycles. The van der Waals surface area contributed by atoms with E-state index >= 15 is 0 Å². The number of likely N-dealkylation sites (N-methyl/N-ethyl adjacent to an activating group) is 1. The van der Waals surface area contributed by atoms with E-state index in [0.29, 0.717) is 43.4 Å². The first kappa shape index (κ1) is 17.2. The van der Waals surface area contributed by atoms with Crippen LogP contribution in [0.4, 0.5) is 11.5 Å². The molecule has 0 bridgehead atoms. The first-order valence-corrected chi connectivity index (χ1v) is 6.93. The van der Waals surface area contributed by atoms with Crippen LogP contribution in [0.3, 0.4) is 0 Å². The minimum absolute atomic E-state index is 0.307. The lowest BCUT2D eigenvalue weighted by molar-refractivity contribution is 0.0527. The minimum atomic E-state index is -0.442. The molecule has 1 aromatic rings. The lowest BCUT2D eigenvalue weighted by Gasteiger charge is -2.11. The maximum atomic E-state index is 11.7. The van der Waals surface area contributed by atoms with Crippen molar-refractivity contribution < 1.29 is 14.3 Å². The zero-order valence-electron chi connectivity index (χ0n) is 12.9. The lowest BCUT2D eigenvalue weighted by Crippen LogP contribution is -2.20. The summed E-state index contributed by atoms with van der Waals surface area (Å²) in [5.41, 5.74) is 6.35. The largest absolute Gasteiger partial charge is 0.462 e. The SMILES string of the molecule is CCOC(=O)c1cc(NCCOCCN(C)C)ncc1N. The van der Waals surface area contributed by atoms with Crippen LogP contribution in [-0.2, 0) is 9.47 Å². The number of rotatable bonds is 9. The number of anilines is 2. The first-order valence-electron chi connectivity index (χ1n) is 6.93. The quantitative estimate of drug-likeness (QED) is 0.515. The number of ether oxygens (including phenoxy) is 2. The van der Waals surface area contributed by atoms with Crippen molar-refractivity contribution in [2.45, 2.75) is 6.92 Å². The predicted octanol–water partition coefficient (Wildman–Crippen LogP) is 0.831. The Morgan fingerprint density at radius 2 is 2.19 bits per heavy atom. The summed E-state index contributed by atoms with van der Waals surface area (Å²) in [7, 11) is 3.99. The van der Waals surface area contributed by atoms with Crippen molar-refractivity contribution in [3.8, 4) is 0 Å². The molecule has 0 radical (unpaired) electrons. The summed E-state index contributed by atoms with van der Waals surface area (Å²) in [6.07, 6.45) is 1.45. The van der Waals surface area contributed by atoms with E-state index in [1.807, 2.05) is 14.1 Å². The highest BCUT2D eigenvalue weighted by Gasteiger charge is 2.12. The standard InChI is InChI=1S/C14H24N4O3/c1-4-21-14(19)11-9-13(17-10-12(11)15)16-5-7-20-8-6-18(2)3/h9-10H,4-8,15H2,1-3H3,(H,16,17). The van der Waals surface area contributed by atoms with Gasteiger partial charge in [0, 0.05) is 13.1 Å². The zero-order valence-corrected chi connectivity index (χ0v) is 12.9. The molecule has 7 heteroatoms. The molecule has 0 unspecified atom stereocenters. The van der Waals surface area contributed by atoms with Crippen molar-refractivity contribution >= 4 is 17.5 Å². The van der Waals surface area contributed by atoms with Gasteiger partial charge >= 0.3 is 5.97 Å². The number of esters is 1. The number of carbonyl (C=O) groups is 1. The van der Waals surface area contributed by atoms with Gasteiger partial charge in [-0.3, -0.25) is 0 Å². The molecule has 1 heterocycles. The summed E-state index contributed by atoms with van der Waals surface area (Å²) in [5, 5.41) is 3.08. The van der Waals surface area contributed by atoms with Crippen LogP contribution in [0.5, 0.6) is 0 Å². The Morgan fingerprint density at radius 3 is 2.86 bits per heavy atom. The molecule has 0 fully saturated rings. The zero-order chi connectivity index (χ0) is 15.7. The second kappa shape index (κ2) is 9.15. The number of nitrogens with two attached hydrogens (primary N) is 1. The van der Waals surface area contributed by atoms with E-state index in [1.54, 1.807) is 13.0 Å². The van der Waals surface area contributed by atoms with E-state index < -0.39 is 5.97 Å². The summed E-state index contributed by atoms with van der Waals surface area (Å²) >= 11 is 0. The Labute approximate surface area is 125 Å². The number of hydrogen-bond donors (Lipinski definition) is 2. The number of nitrogens with one attached hydrogen (secondary N) is 1. The van der Waals surface area contributed by atoms with Gasteiger partial charge in [-0.25, -0.2) is 9.78 Å². The monoisotopic (exact) mass is 296 g/mol. The van der Waals surface area contributed by atoms with Gasteiger partial charge in [-0.15, -0.1) is 0 Å². The molecule has 0 aliphatic carbocycles. The molecule has 3 N–H and O–H groups in total. The van der Waals surface area contributed by atoms with Crippen LogP contribution in [0, 0.1) is 0 Å². The summed E-state index contributed by atoms with van der Waals surface area (Å²) in [4.78, 5) is 17.9. The molecule has 21 heavy (non-hydrogen) atoms. The topological polar surface area (TPSA) is 89.7 Å². The second-order valence-electron chi connectivity index (χ2n) is 4.72. The van der Waals surface area contributed by atoms with Gasteiger partial charge in [0.1, 0.15) is 5.82 Å². The number of hydrogen-bond acceptors (Lipinski definition) is 7. The third kappa shape index (κ3) is 6.42. The van der Waals surface area contributed by atoms with Crippen molar-refractivity contribution in [1.29, 1.82) is 0 Å². The van der Waals surface area contributed by atoms with Crippen LogP contribution in [0.2, 0.25) is 0 Å². The molecule has 1 rings (SSSR count). The molecule has 1 aromatic heterocycles. The number of carbonyl (C=O) groups excluding carboxylic acids is 1. The molecular formula is C14H24N4O3. The molecule has 0 aromatic carbocycles. The van der Waals surface area contributed by atoms with Crippen molar-refractivity contribution in [2.75, 3.05) is 58.1 Å². The highest BCUT2D eigenvalue weighted by Crippen LogP contribution is 2.15. The van der Waals surface area contributed by atoms with Gasteiger partial charge in [0.05, 0.1) is 37.3 Å². The highest BCUT2D eigenvalue weighted by molar-refractivity contribution is 5.95. The number of pyridine rings is 1. The van der Waals surface area contributed by atoms with E-state index in [-0.39, 0.29) is 0 Å². The van der Waals surface area contributed by atoms with E-state index in [1.165, 1.54) is 6.20 Å². The van der Waals surface area contributed by atoms with Crippen LogP contribution in [0.15, 0.2) is 12.3 Å². The molecule has 0 saturated carbocycles. The van der Waals surface area contributed by atoms with E-state index in [0.717, 1.165) is 6.54 Å². The van der Waals surface area contributed by atoms with Gasteiger partial charge in [0.25, 0.3) is 0 Å². The summed E-state index contributed by atoms with van der Waals surface area (Å²) < 4.78 is 10.4. The predicted molar refractivity (Wildman–Crippen MR) is 82.5 cm³/mol. The first-order chi connectivity index (χ1) is 10.0. The third-order valence-corrected chi connectivity index (χ3v) is 2.67.